The number of unbranched alkanes of at least 4 members (excludes halogenated alkanes) is 1. The summed E-state index contributed by atoms with van der Waals surface area (Å²) in [4.78, 5) is 11.6. The van der Waals surface area contributed by atoms with Gasteiger partial charge in [0.25, 0.3) is 5.56 Å². The zero-order valence-electron chi connectivity index (χ0n) is 10.7. The number of hydrogen-bond acceptors (Lipinski definition) is 3. The second kappa shape index (κ2) is 6.60. The molecule has 4 nitrogen and oxygen atoms in total. The Morgan fingerprint density at radius 2 is 2.05 bits per heavy atom. The number of aromatic nitrogens is 1. The van der Waals surface area contributed by atoms with Crippen molar-refractivity contribution in [3.63, 3.8) is 0 Å². The Bertz CT molecular complexity index is 469. The number of halogens is 3. The van der Waals surface area contributed by atoms with E-state index in [-0.39, 0.29) is 13.2 Å². The number of rotatable bonds is 6. The van der Waals surface area contributed by atoms with E-state index >= 15 is 0 Å². The van der Waals surface area contributed by atoms with Crippen LogP contribution in [0.3, 0.4) is 0 Å². The zero-order chi connectivity index (χ0) is 14.5. The number of nitrogen functional groups attached to an aromatic ring is 1. The predicted molar refractivity (Wildman–Crippen MR) is 65.8 cm³/mol. The van der Waals surface area contributed by atoms with Gasteiger partial charge in [-0.25, -0.2) is 0 Å². The van der Waals surface area contributed by atoms with Gasteiger partial charge in [0.05, 0.1) is 17.9 Å². The van der Waals surface area contributed by atoms with E-state index in [2.05, 4.69) is 0 Å². The van der Waals surface area contributed by atoms with Gasteiger partial charge in [-0.05, 0) is 12.5 Å². The number of nitrogens with two attached hydrogens (primary N) is 1. The molecule has 0 unspecified atom stereocenters. The summed E-state index contributed by atoms with van der Waals surface area (Å²) in [5.41, 5.74) is 3.32. The average molecular weight is 278 g/mol. The van der Waals surface area contributed by atoms with Crippen LogP contribution >= 0.6 is 0 Å². The Morgan fingerprint density at radius 3 is 2.63 bits per heavy atom. The second-order valence-corrected chi connectivity index (χ2v) is 4.15. The van der Waals surface area contributed by atoms with Crippen molar-refractivity contribution < 1.29 is 17.9 Å². The lowest BCUT2D eigenvalue weighted by Crippen LogP contribution is -2.26. The van der Waals surface area contributed by atoms with Gasteiger partial charge in [0.2, 0.25) is 0 Å². The highest BCUT2D eigenvalue weighted by Gasteiger charge is 2.31. The average Bonchev–Trinajstić information content (AvgIpc) is 2.32. The molecule has 0 atom stereocenters. The van der Waals surface area contributed by atoms with Crippen LogP contribution in [-0.2, 0) is 17.5 Å². The molecule has 1 rings (SSSR count). The van der Waals surface area contributed by atoms with Crippen molar-refractivity contribution in [2.45, 2.75) is 32.5 Å². The summed E-state index contributed by atoms with van der Waals surface area (Å²) in [7, 11) is 0. The van der Waals surface area contributed by atoms with Crippen LogP contribution in [0.2, 0.25) is 0 Å². The predicted octanol–water partition coefficient (Wildman–Crippen LogP) is 2.27. The molecule has 0 spiro atoms. The van der Waals surface area contributed by atoms with Crippen molar-refractivity contribution in [3.05, 3.63) is 28.2 Å². The van der Waals surface area contributed by atoms with E-state index in [1.54, 1.807) is 0 Å². The number of pyridine rings is 1. The van der Waals surface area contributed by atoms with E-state index in [0.717, 1.165) is 23.6 Å². The molecule has 1 aromatic heterocycles. The number of hydrogen-bond donors (Lipinski definition) is 1. The third kappa shape index (κ3) is 4.59. The van der Waals surface area contributed by atoms with Crippen LogP contribution in [0, 0.1) is 0 Å². The summed E-state index contributed by atoms with van der Waals surface area (Å²) >= 11 is 0. The molecule has 0 aliphatic rings. The fraction of sp³-hybridized carbons (Fsp3) is 0.583. The topological polar surface area (TPSA) is 57.2 Å². The Balaban J connectivity index is 2.77. The SMILES string of the molecule is CCCCOCCn1cc(C(F)(F)F)cc(N)c1=O. The van der Waals surface area contributed by atoms with Gasteiger partial charge in [-0.1, -0.05) is 13.3 Å². The van der Waals surface area contributed by atoms with Crippen LogP contribution in [0.4, 0.5) is 18.9 Å². The first-order valence-corrected chi connectivity index (χ1v) is 6.01. The van der Waals surface area contributed by atoms with Gasteiger partial charge in [-0.2, -0.15) is 13.2 Å². The molecule has 7 heteroatoms. The van der Waals surface area contributed by atoms with Gasteiger partial charge >= 0.3 is 6.18 Å². The quantitative estimate of drug-likeness (QED) is 0.812. The highest BCUT2D eigenvalue weighted by atomic mass is 19.4. The summed E-state index contributed by atoms with van der Waals surface area (Å²) in [6.45, 7) is 2.76. The molecular weight excluding hydrogens is 261 g/mol. The molecule has 0 aliphatic heterocycles. The van der Waals surface area contributed by atoms with Gasteiger partial charge in [0.15, 0.2) is 0 Å². The van der Waals surface area contributed by atoms with Crippen molar-refractivity contribution in [3.8, 4) is 0 Å². The van der Waals surface area contributed by atoms with E-state index in [4.69, 9.17) is 10.5 Å². The molecule has 0 saturated carbocycles. The monoisotopic (exact) mass is 278 g/mol. The molecular formula is C12H17F3N2O2. The van der Waals surface area contributed by atoms with Gasteiger partial charge < -0.3 is 15.0 Å². The van der Waals surface area contributed by atoms with Crippen LogP contribution in [0.25, 0.3) is 0 Å². The van der Waals surface area contributed by atoms with Crippen LogP contribution in [0.5, 0.6) is 0 Å². The molecule has 2 N–H and O–H groups in total. The first kappa shape index (κ1) is 15.6. The Labute approximate surface area is 109 Å². The van der Waals surface area contributed by atoms with E-state index in [0.29, 0.717) is 12.7 Å². The van der Waals surface area contributed by atoms with E-state index in [9.17, 15) is 18.0 Å². The molecule has 0 saturated heterocycles. The molecule has 0 amide bonds. The lowest BCUT2D eigenvalue weighted by atomic mass is 10.2. The number of ether oxygens (including phenoxy) is 1. The standard InChI is InChI=1S/C12H17F3N2O2/c1-2-3-5-19-6-4-17-8-9(12(13,14)15)7-10(16)11(17)18/h7-8H,2-6,16H2,1H3. The highest BCUT2D eigenvalue weighted by molar-refractivity contribution is 5.38. The Morgan fingerprint density at radius 1 is 1.37 bits per heavy atom. The van der Waals surface area contributed by atoms with Gasteiger partial charge in [0.1, 0.15) is 0 Å². The number of nitrogens with zero attached hydrogens (tertiary/aromatic N) is 1. The van der Waals surface area contributed by atoms with Crippen LogP contribution in [0.1, 0.15) is 25.3 Å². The fourth-order valence-corrected chi connectivity index (χ4v) is 1.49. The maximum atomic E-state index is 12.6. The van der Waals surface area contributed by atoms with E-state index in [1.807, 2.05) is 6.92 Å². The summed E-state index contributed by atoms with van der Waals surface area (Å²) in [6, 6.07) is 0.650. The first-order chi connectivity index (χ1) is 8.86. The molecule has 0 aromatic carbocycles. The van der Waals surface area contributed by atoms with Crippen molar-refractivity contribution in [2.75, 3.05) is 18.9 Å². The van der Waals surface area contributed by atoms with Crippen molar-refractivity contribution in [2.24, 2.45) is 0 Å². The minimum absolute atomic E-state index is 0.0522. The number of anilines is 1. The molecule has 108 valence electrons. The van der Waals surface area contributed by atoms with Crippen LogP contribution in [-0.4, -0.2) is 17.8 Å². The maximum Gasteiger partial charge on any atom is 0.417 e. The van der Waals surface area contributed by atoms with E-state index < -0.39 is 23.0 Å². The minimum atomic E-state index is -4.52. The normalized spacial score (nSPS) is 11.8. The van der Waals surface area contributed by atoms with Gasteiger partial charge in [0, 0.05) is 19.3 Å². The second-order valence-electron chi connectivity index (χ2n) is 4.15. The largest absolute Gasteiger partial charge is 0.417 e. The molecule has 19 heavy (non-hydrogen) atoms. The van der Waals surface area contributed by atoms with Gasteiger partial charge in [-0.15, -0.1) is 0 Å². The van der Waals surface area contributed by atoms with Crippen molar-refractivity contribution in [1.29, 1.82) is 0 Å². The lowest BCUT2D eigenvalue weighted by Gasteiger charge is -2.12. The molecule has 0 bridgehead atoms. The zero-order valence-corrected chi connectivity index (χ0v) is 10.7. The van der Waals surface area contributed by atoms with Gasteiger partial charge in [-0.3, -0.25) is 4.79 Å². The first-order valence-electron chi connectivity index (χ1n) is 6.01. The maximum absolute atomic E-state index is 12.6. The summed E-state index contributed by atoms with van der Waals surface area (Å²) in [6.07, 6.45) is -1.91. The molecule has 1 heterocycles. The summed E-state index contributed by atoms with van der Waals surface area (Å²) in [5.74, 6) is 0. The molecule has 1 aromatic rings. The Kier molecular flexibility index (Phi) is 5.41. The van der Waals surface area contributed by atoms with Crippen LogP contribution < -0.4 is 11.3 Å². The van der Waals surface area contributed by atoms with Crippen LogP contribution in [0.15, 0.2) is 17.1 Å². The summed E-state index contributed by atoms with van der Waals surface area (Å²) < 4.78 is 43.8. The molecule has 0 fully saturated rings. The Hall–Kier alpha value is -1.50. The van der Waals surface area contributed by atoms with Crippen molar-refractivity contribution >= 4 is 5.69 Å². The molecule has 0 radical (unpaired) electrons. The minimum Gasteiger partial charge on any atom is -0.394 e. The fourth-order valence-electron chi connectivity index (χ4n) is 1.49. The van der Waals surface area contributed by atoms with E-state index in [1.165, 1.54) is 0 Å². The molecule has 0 aliphatic carbocycles. The smallest absolute Gasteiger partial charge is 0.394 e. The number of alkyl halides is 3. The lowest BCUT2D eigenvalue weighted by molar-refractivity contribution is -0.138. The third-order valence-electron chi connectivity index (χ3n) is 2.56. The third-order valence-corrected chi connectivity index (χ3v) is 2.56. The summed E-state index contributed by atoms with van der Waals surface area (Å²) in [5, 5.41) is 0. The highest BCUT2D eigenvalue weighted by Crippen LogP contribution is 2.29. The van der Waals surface area contributed by atoms with Crippen molar-refractivity contribution in [1.82, 2.24) is 4.57 Å².